The molecule has 1 heterocycles. The smallest absolute Gasteiger partial charge is 0.0495 e. The van der Waals surface area contributed by atoms with Gasteiger partial charge in [0.2, 0.25) is 0 Å². The summed E-state index contributed by atoms with van der Waals surface area (Å²) in [6.45, 7) is 6.58. The first-order valence-corrected chi connectivity index (χ1v) is 6.47. The minimum absolute atomic E-state index is 0.704. The average Bonchev–Trinajstić information content (AvgIpc) is 2.68. The van der Waals surface area contributed by atoms with E-state index in [-0.39, 0.29) is 0 Å². The summed E-state index contributed by atoms with van der Waals surface area (Å²) >= 11 is 0. The highest BCUT2D eigenvalue weighted by Gasteiger charge is 2.19. The molecule has 90 valence electrons. The Kier molecular flexibility index (Phi) is 6.26. The van der Waals surface area contributed by atoms with Gasteiger partial charge in [-0.25, -0.2) is 0 Å². The molecule has 1 N–H and O–H groups in total. The van der Waals surface area contributed by atoms with E-state index in [9.17, 15) is 0 Å². The molecular formula is C13H27NO. The van der Waals surface area contributed by atoms with Gasteiger partial charge in [-0.05, 0) is 38.1 Å². The van der Waals surface area contributed by atoms with Gasteiger partial charge in [-0.15, -0.1) is 0 Å². The topological polar surface area (TPSA) is 21.3 Å². The standard InChI is InChI=1S/C13H27NO/c1-11(2)5-4-6-13(14-3)9-12-7-8-15-10-12/h11-14H,4-10H2,1-3H3. The van der Waals surface area contributed by atoms with Crippen LogP contribution >= 0.6 is 0 Å². The van der Waals surface area contributed by atoms with Crippen molar-refractivity contribution in [2.24, 2.45) is 11.8 Å². The number of hydrogen-bond donors (Lipinski definition) is 1. The second-order valence-electron chi connectivity index (χ2n) is 5.28. The number of rotatable bonds is 7. The zero-order chi connectivity index (χ0) is 11.1. The second-order valence-corrected chi connectivity index (χ2v) is 5.28. The molecule has 1 fully saturated rings. The first-order chi connectivity index (χ1) is 7.22. The number of nitrogens with one attached hydrogen (secondary N) is 1. The van der Waals surface area contributed by atoms with Crippen molar-refractivity contribution in [1.29, 1.82) is 0 Å². The second kappa shape index (κ2) is 7.24. The maximum Gasteiger partial charge on any atom is 0.0495 e. The summed E-state index contributed by atoms with van der Waals surface area (Å²) in [5.41, 5.74) is 0. The predicted octanol–water partition coefficient (Wildman–Crippen LogP) is 2.83. The molecule has 0 aliphatic carbocycles. The Morgan fingerprint density at radius 1 is 1.33 bits per heavy atom. The number of ether oxygens (including phenoxy) is 1. The summed E-state index contributed by atoms with van der Waals surface area (Å²) in [6, 6.07) is 0.704. The van der Waals surface area contributed by atoms with Crippen LogP contribution < -0.4 is 5.32 Å². The fourth-order valence-electron chi connectivity index (χ4n) is 2.32. The predicted molar refractivity (Wildman–Crippen MR) is 65.1 cm³/mol. The highest BCUT2D eigenvalue weighted by molar-refractivity contribution is 4.73. The van der Waals surface area contributed by atoms with Gasteiger partial charge < -0.3 is 10.1 Å². The van der Waals surface area contributed by atoms with Gasteiger partial charge in [0.15, 0.2) is 0 Å². The van der Waals surface area contributed by atoms with Crippen molar-refractivity contribution in [2.45, 2.75) is 52.0 Å². The molecule has 0 aromatic carbocycles. The maximum atomic E-state index is 5.42. The molecule has 0 bridgehead atoms. The molecule has 1 aliphatic rings. The Morgan fingerprint density at radius 3 is 2.67 bits per heavy atom. The largest absolute Gasteiger partial charge is 0.381 e. The fraction of sp³-hybridized carbons (Fsp3) is 1.00. The van der Waals surface area contributed by atoms with Crippen molar-refractivity contribution in [1.82, 2.24) is 5.32 Å². The lowest BCUT2D eigenvalue weighted by atomic mass is 9.94. The van der Waals surface area contributed by atoms with Gasteiger partial charge in [-0.2, -0.15) is 0 Å². The summed E-state index contributed by atoms with van der Waals surface area (Å²) in [5, 5.41) is 3.45. The van der Waals surface area contributed by atoms with Crippen LogP contribution in [0.3, 0.4) is 0 Å². The third kappa shape index (κ3) is 5.53. The minimum atomic E-state index is 0.704. The Morgan fingerprint density at radius 2 is 2.13 bits per heavy atom. The fourth-order valence-corrected chi connectivity index (χ4v) is 2.32. The summed E-state index contributed by atoms with van der Waals surface area (Å²) in [4.78, 5) is 0. The molecule has 1 saturated heterocycles. The molecule has 2 unspecified atom stereocenters. The van der Waals surface area contributed by atoms with Crippen LogP contribution in [-0.4, -0.2) is 26.3 Å². The maximum absolute atomic E-state index is 5.42. The van der Waals surface area contributed by atoms with Crippen molar-refractivity contribution in [3.63, 3.8) is 0 Å². The lowest BCUT2D eigenvalue weighted by molar-refractivity contribution is 0.181. The molecule has 0 saturated carbocycles. The molecule has 2 nitrogen and oxygen atoms in total. The van der Waals surface area contributed by atoms with Crippen molar-refractivity contribution in [2.75, 3.05) is 20.3 Å². The van der Waals surface area contributed by atoms with Crippen LogP contribution in [0.2, 0.25) is 0 Å². The van der Waals surface area contributed by atoms with Crippen LogP contribution in [-0.2, 0) is 4.74 Å². The van der Waals surface area contributed by atoms with Gasteiger partial charge in [-0.3, -0.25) is 0 Å². The normalized spacial score (nSPS) is 23.6. The molecule has 0 aromatic heterocycles. The van der Waals surface area contributed by atoms with Crippen LogP contribution in [0.5, 0.6) is 0 Å². The van der Waals surface area contributed by atoms with E-state index in [1.165, 1.54) is 32.1 Å². The molecule has 1 aliphatic heterocycles. The average molecular weight is 213 g/mol. The van der Waals surface area contributed by atoms with E-state index in [1.54, 1.807) is 0 Å². The van der Waals surface area contributed by atoms with Gasteiger partial charge in [-0.1, -0.05) is 26.7 Å². The van der Waals surface area contributed by atoms with Crippen LogP contribution in [0, 0.1) is 11.8 Å². The molecule has 0 amide bonds. The van der Waals surface area contributed by atoms with Crippen LogP contribution in [0.1, 0.15) is 46.0 Å². The van der Waals surface area contributed by atoms with E-state index >= 15 is 0 Å². The zero-order valence-corrected chi connectivity index (χ0v) is 10.6. The summed E-state index contributed by atoms with van der Waals surface area (Å²) < 4.78 is 5.42. The molecule has 15 heavy (non-hydrogen) atoms. The number of hydrogen-bond acceptors (Lipinski definition) is 2. The lowest BCUT2D eigenvalue weighted by Crippen LogP contribution is -2.28. The third-order valence-corrected chi connectivity index (χ3v) is 3.38. The van der Waals surface area contributed by atoms with Crippen LogP contribution in [0.15, 0.2) is 0 Å². The summed E-state index contributed by atoms with van der Waals surface area (Å²) in [6.07, 6.45) is 6.61. The third-order valence-electron chi connectivity index (χ3n) is 3.38. The lowest BCUT2D eigenvalue weighted by Gasteiger charge is -2.19. The highest BCUT2D eigenvalue weighted by Crippen LogP contribution is 2.20. The minimum Gasteiger partial charge on any atom is -0.381 e. The Bertz CT molecular complexity index is 153. The van der Waals surface area contributed by atoms with Gasteiger partial charge >= 0.3 is 0 Å². The molecule has 0 aromatic rings. The molecular weight excluding hydrogens is 186 g/mol. The van der Waals surface area contributed by atoms with Crippen LogP contribution in [0.25, 0.3) is 0 Å². The van der Waals surface area contributed by atoms with Crippen molar-refractivity contribution in [3.8, 4) is 0 Å². The van der Waals surface area contributed by atoms with Gasteiger partial charge in [0.25, 0.3) is 0 Å². The first kappa shape index (κ1) is 13.0. The van der Waals surface area contributed by atoms with Crippen molar-refractivity contribution in [3.05, 3.63) is 0 Å². The monoisotopic (exact) mass is 213 g/mol. The first-order valence-electron chi connectivity index (χ1n) is 6.47. The zero-order valence-electron chi connectivity index (χ0n) is 10.6. The molecule has 0 spiro atoms. The van der Waals surface area contributed by atoms with E-state index < -0.39 is 0 Å². The van der Waals surface area contributed by atoms with Gasteiger partial charge in [0, 0.05) is 19.3 Å². The summed E-state index contributed by atoms with van der Waals surface area (Å²) in [7, 11) is 2.09. The quantitative estimate of drug-likeness (QED) is 0.702. The summed E-state index contributed by atoms with van der Waals surface area (Å²) in [5.74, 6) is 1.65. The van der Waals surface area contributed by atoms with Crippen molar-refractivity contribution < 1.29 is 4.74 Å². The van der Waals surface area contributed by atoms with E-state index in [0.29, 0.717) is 6.04 Å². The van der Waals surface area contributed by atoms with E-state index in [1.807, 2.05) is 0 Å². The van der Waals surface area contributed by atoms with Gasteiger partial charge in [0.05, 0.1) is 0 Å². The molecule has 0 radical (unpaired) electrons. The highest BCUT2D eigenvalue weighted by atomic mass is 16.5. The Labute approximate surface area is 94.8 Å². The molecule has 1 rings (SSSR count). The Hall–Kier alpha value is -0.0800. The van der Waals surface area contributed by atoms with Crippen LogP contribution in [0.4, 0.5) is 0 Å². The van der Waals surface area contributed by atoms with E-state index in [4.69, 9.17) is 4.74 Å². The SMILES string of the molecule is CNC(CCCC(C)C)CC1CCOC1. The van der Waals surface area contributed by atoms with Gasteiger partial charge in [0.1, 0.15) is 0 Å². The molecule has 2 atom stereocenters. The Balaban J connectivity index is 2.11. The van der Waals surface area contributed by atoms with E-state index in [0.717, 1.165) is 25.0 Å². The van der Waals surface area contributed by atoms with E-state index in [2.05, 4.69) is 26.2 Å². The van der Waals surface area contributed by atoms with Crippen molar-refractivity contribution >= 4 is 0 Å². The molecule has 2 heteroatoms.